The fraction of sp³-hybridized carbons (Fsp3) is 0.407. The first-order chi connectivity index (χ1) is 15.9. The number of esters is 1. The van der Waals surface area contributed by atoms with Gasteiger partial charge in [-0.2, -0.15) is 0 Å². The standard InChI is InChI=1S/C27H33NO5.ClH/c1-28(2)18-22(33-27(31)24-14-8-7-13-23(24)26(29)30)19-32-25-15-9-6-12-21(25)17-16-20-10-4-3-5-11-20;/h3-12,15,22-24H,13-14,16-19H2,1-2H3,(H,29,30);1H. The van der Waals surface area contributed by atoms with Gasteiger partial charge in [0.2, 0.25) is 0 Å². The van der Waals surface area contributed by atoms with Crippen LogP contribution < -0.4 is 4.74 Å². The molecule has 34 heavy (non-hydrogen) atoms. The normalized spacial score (nSPS) is 18.1. The van der Waals surface area contributed by atoms with E-state index in [1.807, 2.05) is 67.5 Å². The van der Waals surface area contributed by atoms with Crippen LogP contribution in [0, 0.1) is 11.8 Å². The van der Waals surface area contributed by atoms with Gasteiger partial charge in [0.05, 0.1) is 11.8 Å². The van der Waals surface area contributed by atoms with E-state index >= 15 is 0 Å². The average molecular weight is 488 g/mol. The van der Waals surface area contributed by atoms with Gasteiger partial charge in [-0.05, 0) is 57.0 Å². The van der Waals surface area contributed by atoms with Crippen LogP contribution in [-0.2, 0) is 27.2 Å². The van der Waals surface area contributed by atoms with E-state index < -0.39 is 29.9 Å². The van der Waals surface area contributed by atoms with Crippen molar-refractivity contribution in [1.82, 2.24) is 4.90 Å². The zero-order valence-corrected chi connectivity index (χ0v) is 20.6. The van der Waals surface area contributed by atoms with Crippen LogP contribution in [-0.4, -0.2) is 55.3 Å². The van der Waals surface area contributed by atoms with Crippen LogP contribution in [0.15, 0.2) is 66.7 Å². The highest BCUT2D eigenvalue weighted by molar-refractivity contribution is 5.85. The molecule has 3 unspecified atom stereocenters. The third-order valence-corrected chi connectivity index (χ3v) is 5.83. The number of carbonyl (C=O) groups excluding carboxylic acids is 1. The smallest absolute Gasteiger partial charge is 0.310 e. The molecule has 0 bridgehead atoms. The number of benzene rings is 2. The topological polar surface area (TPSA) is 76.1 Å². The van der Waals surface area contributed by atoms with Gasteiger partial charge in [-0.15, -0.1) is 12.4 Å². The lowest BCUT2D eigenvalue weighted by atomic mass is 9.83. The Balaban J connectivity index is 0.00000408. The summed E-state index contributed by atoms with van der Waals surface area (Å²) in [7, 11) is 3.80. The summed E-state index contributed by atoms with van der Waals surface area (Å²) < 4.78 is 11.9. The minimum atomic E-state index is -0.964. The van der Waals surface area contributed by atoms with Crippen molar-refractivity contribution >= 4 is 24.3 Å². The maximum Gasteiger partial charge on any atom is 0.310 e. The highest BCUT2D eigenvalue weighted by Crippen LogP contribution is 2.28. The Morgan fingerprint density at radius 3 is 2.29 bits per heavy atom. The first-order valence-corrected chi connectivity index (χ1v) is 11.4. The first-order valence-electron chi connectivity index (χ1n) is 11.4. The summed E-state index contributed by atoms with van der Waals surface area (Å²) in [5.74, 6) is -2.08. The predicted molar refractivity (Wildman–Crippen MR) is 134 cm³/mol. The summed E-state index contributed by atoms with van der Waals surface area (Å²) in [6, 6.07) is 18.2. The van der Waals surface area contributed by atoms with E-state index in [1.165, 1.54) is 5.56 Å². The molecule has 6 nitrogen and oxygen atoms in total. The number of halogens is 1. The Kier molecular flexibility index (Phi) is 11.1. The number of hydrogen-bond acceptors (Lipinski definition) is 5. The lowest BCUT2D eigenvalue weighted by molar-refractivity contribution is -0.163. The van der Waals surface area contributed by atoms with Gasteiger partial charge in [0, 0.05) is 6.54 Å². The SMILES string of the molecule is CN(C)CC(COc1ccccc1CCc1ccccc1)OC(=O)C1CC=CCC1C(=O)O.Cl. The molecule has 1 aliphatic carbocycles. The summed E-state index contributed by atoms with van der Waals surface area (Å²) in [6.07, 6.45) is 5.64. The Morgan fingerprint density at radius 1 is 0.971 bits per heavy atom. The number of allylic oxidation sites excluding steroid dienone is 2. The summed E-state index contributed by atoms with van der Waals surface area (Å²) >= 11 is 0. The fourth-order valence-electron chi connectivity index (χ4n) is 4.09. The van der Waals surface area contributed by atoms with E-state index in [-0.39, 0.29) is 19.0 Å². The summed E-state index contributed by atoms with van der Waals surface area (Å²) in [6.45, 7) is 0.685. The molecule has 3 rings (SSSR count). The van der Waals surface area contributed by atoms with Crippen molar-refractivity contribution in [2.45, 2.75) is 31.8 Å². The maximum atomic E-state index is 12.8. The molecule has 184 valence electrons. The molecule has 0 aliphatic heterocycles. The second kappa shape index (κ2) is 13.8. The van der Waals surface area contributed by atoms with Crippen molar-refractivity contribution in [3.8, 4) is 5.75 Å². The highest BCUT2D eigenvalue weighted by atomic mass is 35.5. The molecule has 0 heterocycles. The number of likely N-dealkylation sites (N-methyl/N-ethyl adjacent to an activating group) is 1. The fourth-order valence-corrected chi connectivity index (χ4v) is 4.09. The van der Waals surface area contributed by atoms with Crippen molar-refractivity contribution in [1.29, 1.82) is 0 Å². The van der Waals surface area contributed by atoms with Crippen molar-refractivity contribution in [2.24, 2.45) is 11.8 Å². The third kappa shape index (κ3) is 8.19. The van der Waals surface area contributed by atoms with Gasteiger partial charge in [0.25, 0.3) is 0 Å². The summed E-state index contributed by atoms with van der Waals surface area (Å²) in [5.41, 5.74) is 2.36. The molecule has 0 amide bonds. The Morgan fingerprint density at radius 2 is 1.62 bits per heavy atom. The molecule has 0 saturated carbocycles. The quantitative estimate of drug-likeness (QED) is 0.373. The number of aryl methyl sites for hydroxylation is 2. The zero-order valence-electron chi connectivity index (χ0n) is 19.8. The number of aliphatic carboxylic acids is 1. The summed E-state index contributed by atoms with van der Waals surface area (Å²) in [4.78, 5) is 26.3. The van der Waals surface area contributed by atoms with Crippen LogP contribution in [0.1, 0.15) is 24.0 Å². The molecule has 2 aromatic carbocycles. The second-order valence-electron chi connectivity index (χ2n) is 8.72. The number of carboxylic acids is 1. The van der Waals surface area contributed by atoms with E-state index in [4.69, 9.17) is 9.47 Å². The molecule has 0 radical (unpaired) electrons. The highest BCUT2D eigenvalue weighted by Gasteiger charge is 2.36. The molecule has 0 spiro atoms. The number of rotatable bonds is 11. The van der Waals surface area contributed by atoms with Crippen LogP contribution in [0.2, 0.25) is 0 Å². The number of hydrogen-bond donors (Lipinski definition) is 1. The molecular formula is C27H34ClNO5. The maximum absolute atomic E-state index is 12.8. The van der Waals surface area contributed by atoms with Crippen LogP contribution in [0.4, 0.5) is 0 Å². The molecule has 2 aromatic rings. The third-order valence-electron chi connectivity index (χ3n) is 5.83. The average Bonchev–Trinajstić information content (AvgIpc) is 2.82. The van der Waals surface area contributed by atoms with E-state index in [1.54, 1.807) is 0 Å². The number of nitrogens with zero attached hydrogens (tertiary/aromatic N) is 1. The van der Waals surface area contributed by atoms with E-state index in [0.717, 1.165) is 24.2 Å². The van der Waals surface area contributed by atoms with Gasteiger partial charge in [0.1, 0.15) is 18.5 Å². The zero-order chi connectivity index (χ0) is 23.6. The van der Waals surface area contributed by atoms with Crippen LogP contribution in [0.3, 0.4) is 0 Å². The van der Waals surface area contributed by atoms with E-state index in [2.05, 4.69) is 18.2 Å². The van der Waals surface area contributed by atoms with E-state index in [0.29, 0.717) is 19.4 Å². The molecule has 7 heteroatoms. The van der Waals surface area contributed by atoms with Gasteiger partial charge in [-0.1, -0.05) is 60.7 Å². The van der Waals surface area contributed by atoms with Crippen molar-refractivity contribution in [2.75, 3.05) is 27.2 Å². The van der Waals surface area contributed by atoms with Gasteiger partial charge < -0.3 is 19.5 Å². The molecule has 0 aromatic heterocycles. The number of carboxylic acid groups (broad SMARTS) is 1. The Hall–Kier alpha value is -2.83. The number of ether oxygens (including phenoxy) is 2. The molecule has 1 aliphatic rings. The molecule has 0 saturated heterocycles. The van der Waals surface area contributed by atoms with Crippen LogP contribution in [0.5, 0.6) is 5.75 Å². The lowest BCUT2D eigenvalue weighted by Gasteiger charge is -2.27. The largest absolute Gasteiger partial charge is 0.489 e. The molecule has 1 N–H and O–H groups in total. The second-order valence-corrected chi connectivity index (χ2v) is 8.72. The number of para-hydroxylation sites is 1. The minimum Gasteiger partial charge on any atom is -0.489 e. The Labute approximate surface area is 208 Å². The van der Waals surface area contributed by atoms with Gasteiger partial charge in [0.15, 0.2) is 0 Å². The molecule has 3 atom stereocenters. The van der Waals surface area contributed by atoms with Crippen LogP contribution in [0.25, 0.3) is 0 Å². The predicted octanol–water partition coefficient (Wildman–Crippen LogP) is 4.41. The first kappa shape index (κ1) is 27.4. The van der Waals surface area contributed by atoms with Gasteiger partial charge in [-0.25, -0.2) is 0 Å². The number of carbonyl (C=O) groups is 2. The monoisotopic (exact) mass is 487 g/mol. The van der Waals surface area contributed by atoms with Gasteiger partial charge >= 0.3 is 11.9 Å². The van der Waals surface area contributed by atoms with Crippen molar-refractivity contribution < 1.29 is 24.2 Å². The van der Waals surface area contributed by atoms with Crippen molar-refractivity contribution in [3.05, 3.63) is 77.9 Å². The van der Waals surface area contributed by atoms with E-state index in [9.17, 15) is 14.7 Å². The van der Waals surface area contributed by atoms with Gasteiger partial charge in [-0.3, -0.25) is 9.59 Å². The molecule has 0 fully saturated rings. The summed E-state index contributed by atoms with van der Waals surface area (Å²) in [5, 5.41) is 9.48. The van der Waals surface area contributed by atoms with Crippen molar-refractivity contribution in [3.63, 3.8) is 0 Å². The van der Waals surface area contributed by atoms with Crippen LogP contribution >= 0.6 is 12.4 Å². The molecular weight excluding hydrogens is 454 g/mol. The minimum absolute atomic E-state index is 0. The lowest BCUT2D eigenvalue weighted by Crippen LogP contribution is -2.39. The Bertz CT molecular complexity index is 947.